The molecule has 2 aromatic heterocycles. The molecule has 2 aliphatic heterocycles. The monoisotopic (exact) mass is 1200 g/mol. The first-order valence-corrected chi connectivity index (χ1v) is 28.3. The summed E-state index contributed by atoms with van der Waals surface area (Å²) in [4.78, 5) is 169. The number of likely N-dealkylation sites (N-methyl/N-ethyl adjacent to an activating group) is 1. The summed E-state index contributed by atoms with van der Waals surface area (Å²) in [5, 5.41) is 46.6. The van der Waals surface area contributed by atoms with Gasteiger partial charge < -0.3 is 89.7 Å². The highest BCUT2D eigenvalue weighted by atomic mass is 16.3. The van der Waals surface area contributed by atoms with Crippen LogP contribution in [0.3, 0.4) is 0 Å². The molecule has 0 bridgehead atoms. The maximum absolute atomic E-state index is 15.1. The molecular formula is C56H77N17O13. The van der Waals surface area contributed by atoms with Gasteiger partial charge in [0.2, 0.25) is 65.0 Å². The van der Waals surface area contributed by atoms with Gasteiger partial charge in [-0.05, 0) is 62.1 Å². The highest BCUT2D eigenvalue weighted by molar-refractivity contribution is 5.99. The van der Waals surface area contributed by atoms with Crippen molar-refractivity contribution in [3.63, 3.8) is 0 Å². The fourth-order valence-electron chi connectivity index (χ4n) is 10.0. The summed E-state index contributed by atoms with van der Waals surface area (Å²) in [6.07, 6.45) is 3.56. The summed E-state index contributed by atoms with van der Waals surface area (Å²) in [5.41, 5.74) is 13.5. The lowest BCUT2D eigenvalue weighted by Gasteiger charge is -2.31. The molecule has 2 fully saturated rings. The fourth-order valence-corrected chi connectivity index (χ4v) is 10.0. The number of nitrogens with two attached hydrogens (primary N) is 2. The molecule has 86 heavy (non-hydrogen) atoms. The quantitative estimate of drug-likeness (QED) is 0.0238. The minimum atomic E-state index is -1.64. The van der Waals surface area contributed by atoms with Crippen LogP contribution in [0.15, 0.2) is 78.3 Å². The predicted octanol–water partition coefficient (Wildman–Crippen LogP) is -4.72. The Kier molecular flexibility index (Phi) is 24.9. The maximum atomic E-state index is 15.1. The van der Waals surface area contributed by atoms with Crippen molar-refractivity contribution >= 4 is 81.8 Å². The van der Waals surface area contributed by atoms with Gasteiger partial charge in [0, 0.05) is 88.3 Å². The third kappa shape index (κ3) is 19.3. The number of likely N-dealkylation sites (tertiary alicyclic amines) is 1. The summed E-state index contributed by atoms with van der Waals surface area (Å²) in [7, 11) is 1.28. The first kappa shape index (κ1) is 65.7. The van der Waals surface area contributed by atoms with Crippen LogP contribution >= 0.6 is 0 Å². The number of rotatable bonds is 19. The van der Waals surface area contributed by atoms with Gasteiger partial charge in [-0.1, -0.05) is 48.5 Å². The average Bonchev–Trinajstić information content (AvgIpc) is 3.44. The van der Waals surface area contributed by atoms with Crippen LogP contribution in [0.25, 0.3) is 10.9 Å². The molecule has 0 radical (unpaired) electrons. The topological polar surface area (TPSA) is 461 Å². The average molecular weight is 1200 g/mol. The number of aliphatic hydroxyl groups excluding tert-OH is 2. The van der Waals surface area contributed by atoms with Crippen molar-refractivity contribution in [1.82, 2.24) is 73.0 Å². The van der Waals surface area contributed by atoms with E-state index < -0.39 is 139 Å². The van der Waals surface area contributed by atoms with Crippen molar-refractivity contribution in [3.8, 4) is 0 Å². The number of nitrogens with one attached hydrogen (secondary N) is 12. The first-order valence-electron chi connectivity index (χ1n) is 28.3. The summed E-state index contributed by atoms with van der Waals surface area (Å²) in [6, 6.07) is 2.89. The van der Waals surface area contributed by atoms with E-state index in [1.807, 2.05) is 0 Å². The van der Waals surface area contributed by atoms with Crippen LogP contribution in [0.1, 0.15) is 75.1 Å². The van der Waals surface area contributed by atoms with Gasteiger partial charge in [-0.25, -0.2) is 4.98 Å². The second kappa shape index (κ2) is 32.6. The van der Waals surface area contributed by atoms with Crippen molar-refractivity contribution in [2.24, 2.45) is 16.5 Å². The number of carbonyl (C=O) groups is 11. The number of imidazole rings is 1. The van der Waals surface area contributed by atoms with E-state index in [-0.39, 0.29) is 89.8 Å². The van der Waals surface area contributed by atoms with Crippen LogP contribution in [0, 0.1) is 0 Å². The normalized spacial score (nSPS) is 22.0. The van der Waals surface area contributed by atoms with Crippen LogP contribution in [0.4, 0.5) is 0 Å². The van der Waals surface area contributed by atoms with E-state index in [1.54, 1.807) is 60.8 Å². The van der Waals surface area contributed by atoms with Crippen LogP contribution in [-0.4, -0.2) is 195 Å². The number of carbonyl (C=O) groups excluding carboxylic acids is 11. The van der Waals surface area contributed by atoms with Crippen molar-refractivity contribution in [1.29, 1.82) is 0 Å². The number of para-hydroxylation sites is 1. The number of aromatic nitrogens is 3. The molecule has 2 saturated heterocycles. The Morgan fingerprint density at radius 2 is 1.37 bits per heavy atom. The largest absolute Gasteiger partial charge is 0.394 e. The number of aliphatic hydroxyl groups is 2. The Morgan fingerprint density at radius 1 is 0.733 bits per heavy atom. The van der Waals surface area contributed by atoms with Crippen LogP contribution in [-0.2, 0) is 72.0 Å². The second-order valence-electron chi connectivity index (χ2n) is 20.9. The fraction of sp³-hybridized carbons (Fsp3) is 0.482. The number of fused-ring (bicyclic) bond motifs is 1. The highest BCUT2D eigenvalue weighted by Gasteiger charge is 2.41. The molecule has 0 aliphatic carbocycles. The maximum Gasteiger partial charge on any atom is 0.245 e. The summed E-state index contributed by atoms with van der Waals surface area (Å²) in [5.74, 6) is -9.16. The number of nitrogens with zero attached hydrogens (tertiary/aromatic N) is 3. The third-order valence-electron chi connectivity index (χ3n) is 14.5. The van der Waals surface area contributed by atoms with Crippen molar-refractivity contribution in [2.45, 2.75) is 132 Å². The lowest BCUT2D eigenvalue weighted by molar-refractivity contribution is -0.143. The summed E-state index contributed by atoms with van der Waals surface area (Å²) in [6.45, 7) is -0.638. The molecule has 18 N–H and O–H groups in total. The zero-order valence-corrected chi connectivity index (χ0v) is 47.8. The molecule has 2 aliphatic rings. The molecule has 9 atom stereocenters. The zero-order chi connectivity index (χ0) is 62.3. The number of H-pyrrole nitrogens is 2. The van der Waals surface area contributed by atoms with E-state index in [0.717, 1.165) is 4.90 Å². The second-order valence-corrected chi connectivity index (χ2v) is 20.9. The first-order chi connectivity index (χ1) is 41.3. The lowest BCUT2D eigenvalue weighted by Crippen LogP contribution is -2.61. The Bertz CT molecular complexity index is 3040. The van der Waals surface area contributed by atoms with Gasteiger partial charge in [-0.15, -0.1) is 0 Å². The molecule has 2 aromatic carbocycles. The van der Waals surface area contributed by atoms with Crippen LogP contribution in [0.2, 0.25) is 0 Å². The van der Waals surface area contributed by atoms with Gasteiger partial charge in [0.05, 0.1) is 19.5 Å². The van der Waals surface area contributed by atoms with Gasteiger partial charge in [0.15, 0.2) is 5.96 Å². The van der Waals surface area contributed by atoms with Crippen molar-refractivity contribution in [3.05, 3.63) is 90.1 Å². The molecule has 4 heterocycles. The molecule has 464 valence electrons. The molecule has 0 saturated carbocycles. The van der Waals surface area contributed by atoms with Gasteiger partial charge in [-0.3, -0.25) is 57.7 Å². The molecule has 11 amide bonds. The van der Waals surface area contributed by atoms with Gasteiger partial charge in [0.25, 0.3) is 0 Å². The molecule has 6 rings (SSSR count). The van der Waals surface area contributed by atoms with Gasteiger partial charge in [0.1, 0.15) is 54.4 Å². The van der Waals surface area contributed by atoms with E-state index in [2.05, 4.69) is 73.1 Å². The molecule has 0 spiro atoms. The Hall–Kier alpha value is -9.45. The number of aliphatic imine (C=N–C) groups is 1. The van der Waals surface area contributed by atoms with Crippen LogP contribution in [0.5, 0.6) is 0 Å². The molecule has 0 unspecified atom stereocenters. The minimum absolute atomic E-state index is 0.00246. The van der Waals surface area contributed by atoms with Gasteiger partial charge in [-0.2, -0.15) is 0 Å². The molecular weight excluding hydrogens is 1120 g/mol. The van der Waals surface area contributed by atoms with Crippen LogP contribution < -0.4 is 64.6 Å². The van der Waals surface area contributed by atoms with Gasteiger partial charge >= 0.3 is 0 Å². The summed E-state index contributed by atoms with van der Waals surface area (Å²) < 4.78 is 0. The summed E-state index contributed by atoms with van der Waals surface area (Å²) >= 11 is 0. The smallest absolute Gasteiger partial charge is 0.245 e. The number of hydrogen-bond acceptors (Lipinski definition) is 15. The number of hydrogen-bond donors (Lipinski definition) is 16. The Morgan fingerprint density at radius 3 is 2.05 bits per heavy atom. The third-order valence-corrected chi connectivity index (χ3v) is 14.5. The van der Waals surface area contributed by atoms with E-state index >= 15 is 4.79 Å². The number of aromatic amines is 2. The van der Waals surface area contributed by atoms with E-state index in [0.29, 0.717) is 27.7 Å². The predicted molar refractivity (Wildman–Crippen MR) is 310 cm³/mol. The van der Waals surface area contributed by atoms with E-state index in [4.69, 9.17) is 11.5 Å². The highest BCUT2D eigenvalue weighted by Crippen LogP contribution is 2.22. The number of guanidine groups is 1. The molecule has 30 nitrogen and oxygen atoms in total. The standard InChI is InChI=1S/C56H77N17O13/c1-31(76)65-37-15-8-20-61-46(77)19-18-39(55(86)73-22-10-17-45(73)54(85)72-44(29-75)53(84)71-43(28-74)47(78)59-2)67-51(82)41(24-33-26-63-36-14-7-6-13-35(33)36)69-49(80)38(16-9-21-62-56(57)58)66-50(81)40(23-32-11-4-3-5-12-32)68-52(83)42(70-48(37)79)25-34-27-60-30-64-34/h3-7,11-14,26-27,30,37-45,63,74-75H,8-10,15-25,28-29H2,1-2H3,(H,59,78)(H,60,64)(H,61,77)(H,65,76)(H,66,81)(H,67,82)(H,68,83)(H,69,80)(H,70,79)(H,71,84)(H,72,85)(H4,57,58,62)/t37-,38-,39-,40+,41-,42-,43-,44-,45-/m0/s1. The Balaban J connectivity index is 1.38. The van der Waals surface area contributed by atoms with E-state index in [1.165, 1.54) is 26.5 Å². The molecule has 30 heteroatoms. The lowest BCUT2D eigenvalue weighted by atomic mass is 10.0. The minimum Gasteiger partial charge on any atom is -0.394 e. The van der Waals surface area contributed by atoms with Crippen molar-refractivity contribution in [2.75, 3.05) is 39.9 Å². The van der Waals surface area contributed by atoms with Crippen molar-refractivity contribution < 1.29 is 63.0 Å². The SMILES string of the molecule is CNC(=O)[C@H](CO)NC(=O)[C@H](CO)NC(=O)[C@@H]1CCCN1C(=O)[C@@H]1CCC(=O)NCCC[C@H](NC(C)=O)C(=O)N[C@@H](Cc2cnc[nH]2)C(=O)N[C@H](Cc2ccccc2)C(=O)N[C@@H](CCCN=C(N)N)C(=O)N[C@@H](Cc2c[nH]c3ccccc23)C(=O)N1. The Labute approximate surface area is 494 Å². The number of benzene rings is 2. The van der Waals surface area contributed by atoms with E-state index in [9.17, 15) is 58.2 Å². The number of amides is 11. The molecule has 4 aromatic rings. The zero-order valence-electron chi connectivity index (χ0n) is 47.8.